The van der Waals surface area contributed by atoms with Crippen LogP contribution in [-0.2, 0) is 9.53 Å². The van der Waals surface area contributed by atoms with E-state index < -0.39 is 13.0 Å². The molecule has 0 saturated heterocycles. The van der Waals surface area contributed by atoms with Crippen LogP contribution in [0.15, 0.2) is 0 Å². The largest absolute Gasteiger partial charge is 0.374 e. The number of nitrogens with one attached hydrogen (secondary N) is 2. The van der Waals surface area contributed by atoms with Crippen LogP contribution < -0.4 is 10.6 Å². The molecular formula is C10H20F2N2O2. The van der Waals surface area contributed by atoms with E-state index in [4.69, 9.17) is 0 Å². The summed E-state index contributed by atoms with van der Waals surface area (Å²) in [5, 5.41) is 5.58. The number of alkyl halides is 2. The van der Waals surface area contributed by atoms with Crippen molar-refractivity contribution in [3.63, 3.8) is 0 Å². The Morgan fingerprint density at radius 1 is 1.44 bits per heavy atom. The van der Waals surface area contributed by atoms with Crippen LogP contribution in [0, 0.1) is 0 Å². The van der Waals surface area contributed by atoms with E-state index in [0.29, 0.717) is 6.54 Å². The van der Waals surface area contributed by atoms with Crippen LogP contribution in [0.1, 0.15) is 20.3 Å². The number of ether oxygens (including phenoxy) is 1. The third-order valence-electron chi connectivity index (χ3n) is 1.97. The van der Waals surface area contributed by atoms with Crippen molar-refractivity contribution in [2.24, 2.45) is 0 Å². The Morgan fingerprint density at radius 2 is 2.12 bits per heavy atom. The molecular weight excluding hydrogens is 218 g/mol. The molecule has 0 aliphatic rings. The standard InChI is InChI=1S/C10H20F2N2O2/c1-3-8(2)14-10(15)6-13-4-5-16-7-9(11)12/h8-9,13H,3-7H2,1-2H3,(H,14,15). The molecule has 0 fully saturated rings. The van der Waals surface area contributed by atoms with E-state index in [-0.39, 0.29) is 25.1 Å². The molecule has 0 rings (SSSR count). The third kappa shape index (κ3) is 9.79. The molecule has 16 heavy (non-hydrogen) atoms. The van der Waals surface area contributed by atoms with Crippen molar-refractivity contribution in [2.45, 2.75) is 32.7 Å². The monoisotopic (exact) mass is 238 g/mol. The topological polar surface area (TPSA) is 50.4 Å². The van der Waals surface area contributed by atoms with Crippen molar-refractivity contribution in [1.29, 1.82) is 0 Å². The number of rotatable bonds is 9. The quantitative estimate of drug-likeness (QED) is 0.583. The Bertz CT molecular complexity index is 192. The molecule has 1 unspecified atom stereocenters. The van der Waals surface area contributed by atoms with Gasteiger partial charge in [-0.2, -0.15) is 0 Å². The first-order chi connectivity index (χ1) is 7.56. The van der Waals surface area contributed by atoms with Gasteiger partial charge in [-0.05, 0) is 13.3 Å². The highest BCUT2D eigenvalue weighted by molar-refractivity contribution is 5.78. The average molecular weight is 238 g/mol. The normalized spacial score (nSPS) is 12.8. The Hall–Kier alpha value is -0.750. The van der Waals surface area contributed by atoms with Crippen LogP contribution in [0.3, 0.4) is 0 Å². The predicted molar refractivity (Wildman–Crippen MR) is 57.6 cm³/mol. The minimum atomic E-state index is -2.44. The van der Waals surface area contributed by atoms with Crippen molar-refractivity contribution < 1.29 is 18.3 Å². The van der Waals surface area contributed by atoms with Crippen LogP contribution in [0.25, 0.3) is 0 Å². The molecule has 1 amide bonds. The lowest BCUT2D eigenvalue weighted by Gasteiger charge is -2.11. The van der Waals surface area contributed by atoms with Gasteiger partial charge < -0.3 is 15.4 Å². The van der Waals surface area contributed by atoms with Crippen LogP contribution in [0.5, 0.6) is 0 Å². The number of halogens is 2. The first kappa shape index (κ1) is 15.2. The Labute approximate surface area is 94.7 Å². The molecule has 0 saturated carbocycles. The van der Waals surface area contributed by atoms with Gasteiger partial charge in [0, 0.05) is 12.6 Å². The van der Waals surface area contributed by atoms with Gasteiger partial charge in [-0.15, -0.1) is 0 Å². The maximum Gasteiger partial charge on any atom is 0.261 e. The van der Waals surface area contributed by atoms with Crippen molar-refractivity contribution in [3.05, 3.63) is 0 Å². The highest BCUT2D eigenvalue weighted by Gasteiger charge is 2.04. The van der Waals surface area contributed by atoms with Gasteiger partial charge in [0.1, 0.15) is 6.61 Å². The second-order valence-electron chi connectivity index (χ2n) is 3.52. The second kappa shape index (κ2) is 9.47. The van der Waals surface area contributed by atoms with E-state index in [1.54, 1.807) is 0 Å². The first-order valence-electron chi connectivity index (χ1n) is 5.42. The molecule has 0 radical (unpaired) electrons. The Balaban J connectivity index is 3.28. The summed E-state index contributed by atoms with van der Waals surface area (Å²) in [6, 6.07) is 0.157. The van der Waals surface area contributed by atoms with Gasteiger partial charge in [-0.3, -0.25) is 4.79 Å². The second-order valence-corrected chi connectivity index (χ2v) is 3.52. The fourth-order valence-electron chi connectivity index (χ4n) is 0.947. The molecule has 0 spiro atoms. The number of hydrogen-bond acceptors (Lipinski definition) is 3. The number of hydrogen-bond donors (Lipinski definition) is 2. The van der Waals surface area contributed by atoms with E-state index in [2.05, 4.69) is 15.4 Å². The Kier molecular flexibility index (Phi) is 9.03. The summed E-state index contributed by atoms with van der Waals surface area (Å²) in [6.45, 7) is 4.10. The lowest BCUT2D eigenvalue weighted by Crippen LogP contribution is -2.39. The van der Waals surface area contributed by atoms with Gasteiger partial charge in [0.25, 0.3) is 6.43 Å². The van der Waals surface area contributed by atoms with Crippen molar-refractivity contribution in [2.75, 3.05) is 26.3 Å². The molecule has 0 aliphatic heterocycles. The minimum absolute atomic E-state index is 0.0943. The summed E-state index contributed by atoms with van der Waals surface area (Å²) in [6.07, 6.45) is -1.56. The molecule has 0 aromatic heterocycles. The highest BCUT2D eigenvalue weighted by Crippen LogP contribution is 1.91. The Morgan fingerprint density at radius 3 is 2.69 bits per heavy atom. The van der Waals surface area contributed by atoms with Gasteiger partial charge >= 0.3 is 0 Å². The third-order valence-corrected chi connectivity index (χ3v) is 1.97. The van der Waals surface area contributed by atoms with Crippen molar-refractivity contribution in [1.82, 2.24) is 10.6 Å². The number of carbonyl (C=O) groups excluding carboxylic acids is 1. The lowest BCUT2D eigenvalue weighted by atomic mass is 10.2. The number of amides is 1. The molecule has 4 nitrogen and oxygen atoms in total. The molecule has 0 heterocycles. The first-order valence-corrected chi connectivity index (χ1v) is 5.42. The van der Waals surface area contributed by atoms with E-state index in [1.165, 1.54) is 0 Å². The van der Waals surface area contributed by atoms with E-state index in [0.717, 1.165) is 6.42 Å². The maximum absolute atomic E-state index is 11.6. The van der Waals surface area contributed by atoms with Gasteiger partial charge in [0.15, 0.2) is 0 Å². The summed E-state index contributed by atoms with van der Waals surface area (Å²) in [7, 11) is 0. The van der Waals surface area contributed by atoms with Gasteiger partial charge in [0.2, 0.25) is 5.91 Å². The smallest absolute Gasteiger partial charge is 0.261 e. The van der Waals surface area contributed by atoms with Crippen molar-refractivity contribution in [3.8, 4) is 0 Å². The molecule has 2 N–H and O–H groups in total. The van der Waals surface area contributed by atoms with Crippen LogP contribution in [0.2, 0.25) is 0 Å². The molecule has 1 atom stereocenters. The molecule has 0 bridgehead atoms. The fraction of sp³-hybridized carbons (Fsp3) is 0.900. The zero-order valence-electron chi connectivity index (χ0n) is 9.76. The summed E-state index contributed by atoms with van der Waals surface area (Å²) in [4.78, 5) is 11.2. The average Bonchev–Trinajstić information content (AvgIpc) is 2.22. The summed E-state index contributed by atoms with van der Waals surface area (Å²) in [5.41, 5.74) is 0. The number of carbonyl (C=O) groups is 1. The van der Waals surface area contributed by atoms with Crippen LogP contribution in [-0.4, -0.2) is 44.7 Å². The minimum Gasteiger partial charge on any atom is -0.374 e. The van der Waals surface area contributed by atoms with Gasteiger partial charge in [0.05, 0.1) is 13.2 Å². The van der Waals surface area contributed by atoms with E-state index >= 15 is 0 Å². The van der Waals surface area contributed by atoms with Gasteiger partial charge in [-0.25, -0.2) is 8.78 Å². The SMILES string of the molecule is CCC(C)NC(=O)CNCCOCC(F)F. The maximum atomic E-state index is 11.6. The summed E-state index contributed by atoms with van der Waals surface area (Å²) in [5.74, 6) is -0.0943. The van der Waals surface area contributed by atoms with Crippen LogP contribution >= 0.6 is 0 Å². The summed E-state index contributed by atoms with van der Waals surface area (Å²) >= 11 is 0. The predicted octanol–water partition coefficient (Wildman–Crippen LogP) is 0.772. The molecule has 0 aliphatic carbocycles. The summed E-state index contributed by atoms with van der Waals surface area (Å²) < 4.78 is 27.9. The molecule has 96 valence electrons. The lowest BCUT2D eigenvalue weighted by molar-refractivity contribution is -0.120. The molecule has 0 aromatic carbocycles. The van der Waals surface area contributed by atoms with Crippen LogP contribution in [0.4, 0.5) is 8.78 Å². The highest BCUT2D eigenvalue weighted by atomic mass is 19.3. The van der Waals surface area contributed by atoms with E-state index in [1.807, 2.05) is 13.8 Å². The van der Waals surface area contributed by atoms with E-state index in [9.17, 15) is 13.6 Å². The molecule has 0 aromatic rings. The zero-order valence-corrected chi connectivity index (χ0v) is 9.76. The molecule has 6 heteroatoms. The van der Waals surface area contributed by atoms with Gasteiger partial charge in [-0.1, -0.05) is 6.92 Å². The van der Waals surface area contributed by atoms with Crippen molar-refractivity contribution >= 4 is 5.91 Å². The fourth-order valence-corrected chi connectivity index (χ4v) is 0.947. The zero-order chi connectivity index (χ0) is 12.4.